The zero-order valence-electron chi connectivity index (χ0n) is 15.8. The van der Waals surface area contributed by atoms with Crippen LogP contribution in [-0.4, -0.2) is 11.1 Å². The average Bonchev–Trinajstić information content (AvgIpc) is 3.14. The van der Waals surface area contributed by atoms with Crippen molar-refractivity contribution in [2.24, 2.45) is 5.73 Å². The van der Waals surface area contributed by atoms with Gasteiger partial charge in [-0.2, -0.15) is 0 Å². The second-order valence-electron chi connectivity index (χ2n) is 6.88. The number of nitrogens with two attached hydrogens (primary N) is 1. The Labute approximate surface area is 168 Å². The van der Waals surface area contributed by atoms with Crippen molar-refractivity contribution in [1.82, 2.24) is 0 Å². The van der Waals surface area contributed by atoms with Gasteiger partial charge in [-0.15, -0.1) is 0 Å². The van der Waals surface area contributed by atoms with E-state index in [1.54, 1.807) is 24.5 Å². The second kappa shape index (κ2) is 8.20. The highest BCUT2D eigenvalue weighted by Crippen LogP contribution is 2.29. The first-order valence-electron chi connectivity index (χ1n) is 9.35. The number of benzene rings is 3. The van der Waals surface area contributed by atoms with Gasteiger partial charge in [-0.1, -0.05) is 36.4 Å². The maximum absolute atomic E-state index is 10.9. The van der Waals surface area contributed by atoms with Crippen molar-refractivity contribution in [2.75, 3.05) is 0 Å². The average molecular weight is 387 g/mol. The Bertz CT molecular complexity index is 1160. The maximum Gasteiger partial charge on any atom is 0.307 e. The molecule has 3 aromatic carbocycles. The SMILES string of the molecule is NCc1cccc(-c2ccc3occ(COc4cccc(CC(=O)O)c4)c3c2)c1. The molecule has 0 saturated carbocycles. The van der Waals surface area contributed by atoms with Gasteiger partial charge in [0.2, 0.25) is 0 Å². The van der Waals surface area contributed by atoms with Gasteiger partial charge in [0, 0.05) is 17.5 Å². The molecule has 0 unspecified atom stereocenters. The van der Waals surface area contributed by atoms with Crippen molar-refractivity contribution in [3.05, 3.63) is 89.7 Å². The Kier molecular flexibility index (Phi) is 5.31. The van der Waals surface area contributed by atoms with E-state index in [4.69, 9.17) is 20.0 Å². The summed E-state index contributed by atoms with van der Waals surface area (Å²) in [6.07, 6.45) is 1.67. The minimum absolute atomic E-state index is 0.0307. The first-order chi connectivity index (χ1) is 14.1. The van der Waals surface area contributed by atoms with Crippen molar-refractivity contribution in [1.29, 1.82) is 0 Å². The van der Waals surface area contributed by atoms with Crippen molar-refractivity contribution >= 4 is 16.9 Å². The maximum atomic E-state index is 10.9. The van der Waals surface area contributed by atoms with Crippen LogP contribution in [0.1, 0.15) is 16.7 Å². The molecule has 3 N–H and O–H groups in total. The Hall–Kier alpha value is -3.57. The van der Waals surface area contributed by atoms with Gasteiger partial charge in [0.15, 0.2) is 0 Å². The van der Waals surface area contributed by atoms with E-state index in [1.165, 1.54) is 0 Å². The molecule has 0 aliphatic heterocycles. The largest absolute Gasteiger partial charge is 0.489 e. The van der Waals surface area contributed by atoms with Crippen LogP contribution in [0.15, 0.2) is 77.4 Å². The molecule has 0 amide bonds. The molecule has 1 aromatic heterocycles. The predicted octanol–water partition coefficient (Wildman–Crippen LogP) is 4.76. The van der Waals surface area contributed by atoms with E-state index in [0.717, 1.165) is 33.2 Å². The monoisotopic (exact) mass is 387 g/mol. The summed E-state index contributed by atoms with van der Waals surface area (Å²) in [7, 11) is 0. The molecule has 1 heterocycles. The summed E-state index contributed by atoms with van der Waals surface area (Å²) in [5.74, 6) is -0.237. The quantitative estimate of drug-likeness (QED) is 0.477. The first kappa shape index (κ1) is 18.8. The minimum Gasteiger partial charge on any atom is -0.489 e. The van der Waals surface area contributed by atoms with Crippen LogP contribution in [0.5, 0.6) is 5.75 Å². The van der Waals surface area contributed by atoms with E-state index >= 15 is 0 Å². The molecule has 0 fully saturated rings. The molecule has 5 heteroatoms. The number of aliphatic carboxylic acids is 1. The summed E-state index contributed by atoms with van der Waals surface area (Å²) in [5, 5.41) is 9.94. The van der Waals surface area contributed by atoms with Crippen LogP contribution in [0.2, 0.25) is 0 Å². The summed E-state index contributed by atoms with van der Waals surface area (Å²) in [6.45, 7) is 0.831. The van der Waals surface area contributed by atoms with Gasteiger partial charge in [0.1, 0.15) is 17.9 Å². The lowest BCUT2D eigenvalue weighted by Crippen LogP contribution is -2.01. The third-order valence-corrected chi connectivity index (χ3v) is 4.80. The third-order valence-electron chi connectivity index (χ3n) is 4.80. The highest BCUT2D eigenvalue weighted by Gasteiger charge is 2.10. The zero-order chi connectivity index (χ0) is 20.2. The fourth-order valence-corrected chi connectivity index (χ4v) is 3.33. The molecular formula is C24H21NO4. The molecule has 4 rings (SSSR count). The Morgan fingerprint density at radius 1 is 0.966 bits per heavy atom. The number of carboxylic acid groups (broad SMARTS) is 1. The third kappa shape index (κ3) is 4.31. The normalized spacial score (nSPS) is 10.9. The first-order valence-corrected chi connectivity index (χ1v) is 9.35. The molecule has 0 aliphatic rings. The second-order valence-corrected chi connectivity index (χ2v) is 6.88. The minimum atomic E-state index is -0.866. The number of hydrogen-bond donors (Lipinski definition) is 2. The molecule has 4 aromatic rings. The van der Waals surface area contributed by atoms with Crippen LogP contribution in [0.25, 0.3) is 22.1 Å². The Morgan fingerprint density at radius 2 is 1.76 bits per heavy atom. The standard InChI is InChI=1S/C24H21NO4/c25-13-17-4-1-5-18(9-17)19-7-8-23-22(12-19)20(15-29-23)14-28-21-6-2-3-16(10-21)11-24(26)27/h1-10,12,15H,11,13-14,25H2,(H,26,27). The number of rotatable bonds is 7. The lowest BCUT2D eigenvalue weighted by atomic mass is 10.0. The molecule has 0 bridgehead atoms. The molecule has 0 atom stereocenters. The molecule has 146 valence electrons. The molecular weight excluding hydrogens is 366 g/mol. The highest BCUT2D eigenvalue weighted by atomic mass is 16.5. The lowest BCUT2D eigenvalue weighted by molar-refractivity contribution is -0.136. The van der Waals surface area contributed by atoms with E-state index < -0.39 is 5.97 Å². The molecule has 0 radical (unpaired) electrons. The lowest BCUT2D eigenvalue weighted by Gasteiger charge is -2.07. The topological polar surface area (TPSA) is 85.7 Å². The molecule has 0 aliphatic carbocycles. The van der Waals surface area contributed by atoms with Crippen molar-refractivity contribution in [2.45, 2.75) is 19.6 Å². The number of hydrogen-bond acceptors (Lipinski definition) is 4. The summed E-state index contributed by atoms with van der Waals surface area (Å²) in [4.78, 5) is 10.9. The number of ether oxygens (including phenoxy) is 1. The van der Waals surface area contributed by atoms with Crippen LogP contribution >= 0.6 is 0 Å². The smallest absolute Gasteiger partial charge is 0.307 e. The van der Waals surface area contributed by atoms with Crippen LogP contribution in [0.3, 0.4) is 0 Å². The van der Waals surface area contributed by atoms with Crippen molar-refractivity contribution < 1.29 is 19.1 Å². The van der Waals surface area contributed by atoms with Crippen molar-refractivity contribution in [3.63, 3.8) is 0 Å². The Morgan fingerprint density at radius 3 is 2.59 bits per heavy atom. The summed E-state index contributed by atoms with van der Waals surface area (Å²) < 4.78 is 11.6. The van der Waals surface area contributed by atoms with Gasteiger partial charge in [0.25, 0.3) is 0 Å². The van der Waals surface area contributed by atoms with E-state index in [-0.39, 0.29) is 6.42 Å². The zero-order valence-corrected chi connectivity index (χ0v) is 15.8. The summed E-state index contributed by atoms with van der Waals surface area (Å²) in [5.41, 5.74) is 11.5. The van der Waals surface area contributed by atoms with Gasteiger partial charge in [-0.25, -0.2) is 0 Å². The number of carboxylic acids is 1. The van der Waals surface area contributed by atoms with E-state index in [1.807, 2.05) is 30.3 Å². The molecule has 29 heavy (non-hydrogen) atoms. The van der Waals surface area contributed by atoms with E-state index in [2.05, 4.69) is 18.2 Å². The molecule has 0 saturated heterocycles. The van der Waals surface area contributed by atoms with Crippen LogP contribution < -0.4 is 10.5 Å². The number of fused-ring (bicyclic) bond motifs is 1. The summed E-state index contributed by atoms with van der Waals surface area (Å²) in [6, 6.07) is 21.4. The van der Waals surface area contributed by atoms with Gasteiger partial charge in [-0.05, 0) is 52.6 Å². The van der Waals surface area contributed by atoms with E-state index in [9.17, 15) is 4.79 Å². The van der Waals surface area contributed by atoms with E-state index in [0.29, 0.717) is 24.5 Å². The number of carbonyl (C=O) groups is 1. The number of furan rings is 1. The van der Waals surface area contributed by atoms with Gasteiger partial charge >= 0.3 is 5.97 Å². The van der Waals surface area contributed by atoms with Crippen LogP contribution in [0.4, 0.5) is 0 Å². The van der Waals surface area contributed by atoms with Crippen LogP contribution in [-0.2, 0) is 24.4 Å². The summed E-state index contributed by atoms with van der Waals surface area (Å²) >= 11 is 0. The van der Waals surface area contributed by atoms with Gasteiger partial charge in [-0.3, -0.25) is 4.79 Å². The predicted molar refractivity (Wildman–Crippen MR) is 112 cm³/mol. The Balaban J connectivity index is 1.57. The van der Waals surface area contributed by atoms with Crippen molar-refractivity contribution in [3.8, 4) is 16.9 Å². The molecule has 0 spiro atoms. The van der Waals surface area contributed by atoms with Gasteiger partial charge in [0.05, 0.1) is 12.7 Å². The highest BCUT2D eigenvalue weighted by molar-refractivity contribution is 5.86. The molecule has 5 nitrogen and oxygen atoms in total. The van der Waals surface area contributed by atoms with Gasteiger partial charge < -0.3 is 20.0 Å². The fourth-order valence-electron chi connectivity index (χ4n) is 3.33. The fraction of sp³-hybridized carbons (Fsp3) is 0.125. The van der Waals surface area contributed by atoms with Crippen LogP contribution in [0, 0.1) is 0 Å².